The van der Waals surface area contributed by atoms with Crippen LogP contribution in [0.25, 0.3) is 11.3 Å². The number of anilines is 1. The van der Waals surface area contributed by atoms with Crippen molar-refractivity contribution in [3.8, 4) is 11.3 Å². The molecule has 0 radical (unpaired) electrons. The van der Waals surface area contributed by atoms with Gasteiger partial charge in [0.25, 0.3) is 5.72 Å². The van der Waals surface area contributed by atoms with Gasteiger partial charge in [0, 0.05) is 28.9 Å². The highest BCUT2D eigenvalue weighted by Crippen LogP contribution is 2.50. The molecule has 1 aromatic carbocycles. The number of rotatable bonds is 2. The van der Waals surface area contributed by atoms with Crippen molar-refractivity contribution in [2.75, 3.05) is 5.01 Å². The Morgan fingerprint density at radius 2 is 1.90 bits per heavy atom. The minimum Gasteiger partial charge on any atom is -0.362 e. The Kier molecular flexibility index (Phi) is 4.01. The van der Waals surface area contributed by atoms with E-state index in [1.165, 1.54) is 0 Å². The van der Waals surface area contributed by atoms with Crippen molar-refractivity contribution >= 4 is 22.2 Å². The summed E-state index contributed by atoms with van der Waals surface area (Å²) in [4.78, 5) is 8.27. The molecule has 29 heavy (non-hydrogen) atoms. The van der Waals surface area contributed by atoms with E-state index in [9.17, 15) is 18.3 Å². The molecule has 1 N–H and O–H groups in total. The van der Waals surface area contributed by atoms with E-state index >= 15 is 0 Å². The van der Waals surface area contributed by atoms with Crippen LogP contribution in [0.5, 0.6) is 0 Å². The summed E-state index contributed by atoms with van der Waals surface area (Å²) in [5, 5.41) is 17.6. The van der Waals surface area contributed by atoms with Crippen LogP contribution in [-0.4, -0.2) is 32.7 Å². The van der Waals surface area contributed by atoms with Crippen molar-refractivity contribution in [1.29, 1.82) is 0 Å². The van der Waals surface area contributed by atoms with Gasteiger partial charge >= 0.3 is 6.18 Å². The standard InChI is InChI=1S/C20H15F3N4OS/c21-20(22,23)19(28)15-6-5-12-3-1-2-4-14(12)17(15)26-27(19)18-25-16(11-29-18)13-7-9-24-10-8-13/h1-4,7-11,15,28H,5-6H2/t15-,19+/m1/s1. The zero-order valence-corrected chi connectivity index (χ0v) is 15.8. The number of alkyl halides is 3. The highest BCUT2D eigenvalue weighted by Gasteiger charge is 2.68. The second kappa shape index (κ2) is 6.36. The molecular weight excluding hydrogens is 401 g/mol. The molecule has 1 aliphatic carbocycles. The maximum atomic E-state index is 14.2. The van der Waals surface area contributed by atoms with E-state index in [0.29, 0.717) is 22.7 Å². The van der Waals surface area contributed by atoms with Crippen LogP contribution in [0.1, 0.15) is 17.5 Å². The van der Waals surface area contributed by atoms with Gasteiger partial charge in [0.1, 0.15) is 0 Å². The summed E-state index contributed by atoms with van der Waals surface area (Å²) in [6.45, 7) is 0. The van der Waals surface area contributed by atoms with Crippen molar-refractivity contribution < 1.29 is 18.3 Å². The number of thiazole rings is 1. The Balaban J connectivity index is 1.63. The van der Waals surface area contributed by atoms with E-state index in [2.05, 4.69) is 15.1 Å². The van der Waals surface area contributed by atoms with Crippen molar-refractivity contribution in [2.45, 2.75) is 24.7 Å². The van der Waals surface area contributed by atoms with Crippen molar-refractivity contribution in [1.82, 2.24) is 9.97 Å². The Morgan fingerprint density at radius 1 is 1.14 bits per heavy atom. The summed E-state index contributed by atoms with van der Waals surface area (Å²) in [7, 11) is 0. The summed E-state index contributed by atoms with van der Waals surface area (Å²) in [6, 6.07) is 10.7. The van der Waals surface area contributed by atoms with Crippen LogP contribution in [0.3, 0.4) is 0 Å². The number of benzene rings is 1. The van der Waals surface area contributed by atoms with E-state index in [4.69, 9.17) is 0 Å². The highest BCUT2D eigenvalue weighted by atomic mass is 32.1. The Morgan fingerprint density at radius 3 is 2.66 bits per heavy atom. The highest BCUT2D eigenvalue weighted by molar-refractivity contribution is 7.14. The van der Waals surface area contributed by atoms with Crippen molar-refractivity contribution in [3.05, 3.63) is 65.3 Å². The van der Waals surface area contributed by atoms with Gasteiger partial charge in [-0.15, -0.1) is 11.3 Å². The van der Waals surface area contributed by atoms with E-state index in [1.807, 2.05) is 12.1 Å². The molecule has 3 aromatic rings. The first-order chi connectivity index (χ1) is 13.9. The maximum absolute atomic E-state index is 14.2. The average molecular weight is 416 g/mol. The predicted molar refractivity (Wildman–Crippen MR) is 104 cm³/mol. The molecule has 0 spiro atoms. The zero-order valence-electron chi connectivity index (χ0n) is 15.0. The Hall–Kier alpha value is -2.78. The van der Waals surface area contributed by atoms with Crippen LogP contribution in [-0.2, 0) is 6.42 Å². The number of pyridine rings is 1. The van der Waals surface area contributed by atoms with Gasteiger partial charge in [-0.1, -0.05) is 24.3 Å². The van der Waals surface area contributed by atoms with Gasteiger partial charge in [-0.2, -0.15) is 23.3 Å². The summed E-state index contributed by atoms with van der Waals surface area (Å²) in [5.74, 6) is -1.18. The number of nitrogens with zero attached hydrogens (tertiary/aromatic N) is 4. The first-order valence-corrected chi connectivity index (χ1v) is 9.89. The summed E-state index contributed by atoms with van der Waals surface area (Å²) in [6.07, 6.45) is -1.13. The lowest BCUT2D eigenvalue weighted by molar-refractivity contribution is -0.268. The minimum absolute atomic E-state index is 0.00369. The zero-order chi connectivity index (χ0) is 20.2. The molecule has 0 bridgehead atoms. The van der Waals surface area contributed by atoms with Gasteiger partial charge in [0.15, 0.2) is 0 Å². The lowest BCUT2D eigenvalue weighted by Gasteiger charge is -2.38. The second-order valence-electron chi connectivity index (χ2n) is 7.02. The molecule has 0 amide bonds. The minimum atomic E-state index is -4.91. The van der Waals surface area contributed by atoms with Crippen LogP contribution >= 0.6 is 11.3 Å². The molecule has 5 rings (SSSR count). The van der Waals surface area contributed by atoms with Crippen molar-refractivity contribution in [3.63, 3.8) is 0 Å². The molecule has 2 aromatic heterocycles. The molecule has 0 fully saturated rings. The Labute approximate surface area is 168 Å². The molecule has 0 unspecified atom stereocenters. The van der Waals surface area contributed by atoms with Gasteiger partial charge < -0.3 is 5.11 Å². The van der Waals surface area contributed by atoms with E-state index in [1.54, 1.807) is 42.0 Å². The summed E-state index contributed by atoms with van der Waals surface area (Å²) in [5.41, 5.74) is -0.0545. The topological polar surface area (TPSA) is 61.6 Å². The van der Waals surface area contributed by atoms with Gasteiger partial charge in [-0.05, 0) is 30.5 Å². The second-order valence-corrected chi connectivity index (χ2v) is 7.86. The quantitative estimate of drug-likeness (QED) is 0.679. The SMILES string of the molecule is O[C@]1(C(F)(F)F)[C@@H]2CCc3ccccc3C2=NN1c1nc(-c2ccncc2)cs1. The molecular formula is C20H15F3N4OS. The number of hydrazone groups is 1. The number of aromatic nitrogens is 2. The van der Waals surface area contributed by atoms with Crippen LogP contribution in [0.4, 0.5) is 18.3 Å². The number of fused-ring (bicyclic) bond motifs is 3. The molecule has 1 aliphatic heterocycles. The number of aryl methyl sites for hydroxylation is 1. The lowest BCUT2D eigenvalue weighted by Crippen LogP contribution is -2.60. The number of hydrogen-bond acceptors (Lipinski definition) is 6. The average Bonchev–Trinajstić information content (AvgIpc) is 3.32. The van der Waals surface area contributed by atoms with Gasteiger partial charge in [-0.3, -0.25) is 4.98 Å². The third-order valence-electron chi connectivity index (χ3n) is 5.41. The fraction of sp³-hybridized carbons (Fsp3) is 0.250. The van der Waals surface area contributed by atoms with E-state index in [-0.39, 0.29) is 17.3 Å². The van der Waals surface area contributed by atoms with Crippen LogP contribution in [0.2, 0.25) is 0 Å². The fourth-order valence-electron chi connectivity index (χ4n) is 3.98. The normalized spacial score (nSPS) is 23.5. The molecule has 0 saturated carbocycles. The first kappa shape index (κ1) is 18.3. The van der Waals surface area contributed by atoms with Gasteiger partial charge in [0.2, 0.25) is 5.13 Å². The largest absolute Gasteiger partial charge is 0.439 e. The fourth-order valence-corrected chi connectivity index (χ4v) is 4.82. The molecule has 148 valence electrons. The van der Waals surface area contributed by atoms with Crippen LogP contribution in [0, 0.1) is 5.92 Å². The number of aliphatic hydroxyl groups is 1. The van der Waals surface area contributed by atoms with Gasteiger partial charge in [-0.25, -0.2) is 4.98 Å². The number of halogens is 3. The molecule has 9 heteroatoms. The van der Waals surface area contributed by atoms with E-state index in [0.717, 1.165) is 22.5 Å². The number of hydrogen-bond donors (Lipinski definition) is 1. The molecule has 3 heterocycles. The van der Waals surface area contributed by atoms with E-state index < -0.39 is 17.8 Å². The smallest absolute Gasteiger partial charge is 0.362 e. The molecule has 2 atom stereocenters. The predicted octanol–water partition coefficient (Wildman–Crippen LogP) is 4.24. The third-order valence-corrected chi connectivity index (χ3v) is 6.22. The maximum Gasteiger partial charge on any atom is 0.439 e. The third kappa shape index (κ3) is 2.68. The van der Waals surface area contributed by atoms with Crippen molar-refractivity contribution in [2.24, 2.45) is 11.0 Å². The monoisotopic (exact) mass is 416 g/mol. The lowest BCUT2D eigenvalue weighted by atomic mass is 9.77. The van der Waals surface area contributed by atoms with Crippen LogP contribution < -0.4 is 5.01 Å². The summed E-state index contributed by atoms with van der Waals surface area (Å²) >= 11 is 1.01. The molecule has 5 nitrogen and oxygen atoms in total. The summed E-state index contributed by atoms with van der Waals surface area (Å²) < 4.78 is 42.5. The Bertz CT molecular complexity index is 1100. The molecule has 0 saturated heterocycles. The van der Waals surface area contributed by atoms with Gasteiger partial charge in [0.05, 0.1) is 17.3 Å². The van der Waals surface area contributed by atoms with Crippen LogP contribution in [0.15, 0.2) is 59.3 Å². The first-order valence-electron chi connectivity index (χ1n) is 9.01. The molecule has 2 aliphatic rings.